The van der Waals surface area contributed by atoms with E-state index in [0.717, 1.165) is 20.1 Å². The predicted octanol–water partition coefficient (Wildman–Crippen LogP) is 7.53. The van der Waals surface area contributed by atoms with Crippen molar-refractivity contribution in [1.82, 2.24) is 0 Å². The molecule has 6 heteroatoms. The average Bonchev–Trinajstić information content (AvgIpc) is 2.82. The van der Waals surface area contributed by atoms with Crippen LogP contribution >= 0.6 is 31.9 Å². The maximum atomic E-state index is 12.3. The number of benzene rings is 4. The van der Waals surface area contributed by atoms with Gasteiger partial charge in [-0.25, -0.2) is 4.79 Å². The number of methoxy groups -OCH3 is 1. The Labute approximate surface area is 209 Å². The fourth-order valence-electron chi connectivity index (χ4n) is 3.34. The second kappa shape index (κ2) is 10.7. The summed E-state index contributed by atoms with van der Waals surface area (Å²) in [5.41, 5.74) is 2.05. The minimum Gasteiger partial charge on any atom is -0.493 e. The third kappa shape index (κ3) is 5.83. The lowest BCUT2D eigenvalue weighted by molar-refractivity contribution is -0.136. The molecule has 0 spiro atoms. The van der Waals surface area contributed by atoms with Gasteiger partial charge in [0.25, 0.3) is 0 Å². The molecule has 0 N–H and O–H groups in total. The highest BCUT2D eigenvalue weighted by Gasteiger charge is 2.12. The topological polar surface area (TPSA) is 44.8 Å². The third-order valence-electron chi connectivity index (χ3n) is 4.93. The first-order valence-corrected chi connectivity index (χ1v) is 11.7. The van der Waals surface area contributed by atoms with Crippen LogP contribution in [0.3, 0.4) is 0 Å². The summed E-state index contributed by atoms with van der Waals surface area (Å²) in [5.74, 6) is 0.828. The first kappa shape index (κ1) is 23.1. The van der Waals surface area contributed by atoms with Crippen LogP contribution in [0.25, 0.3) is 22.9 Å². The van der Waals surface area contributed by atoms with Crippen molar-refractivity contribution in [2.24, 2.45) is 0 Å². The summed E-state index contributed by atoms with van der Waals surface area (Å²) in [7, 11) is 1.54. The number of rotatable bonds is 7. The van der Waals surface area contributed by atoms with E-state index in [1.165, 1.54) is 10.8 Å². The summed E-state index contributed by atoms with van der Waals surface area (Å²) in [5, 5.41) is 2.38. The Morgan fingerprint density at radius 3 is 2.45 bits per heavy atom. The molecule has 0 aliphatic rings. The molecule has 33 heavy (non-hydrogen) atoms. The van der Waals surface area contributed by atoms with E-state index in [4.69, 9.17) is 14.2 Å². The maximum absolute atomic E-state index is 12.3. The van der Waals surface area contributed by atoms with E-state index in [2.05, 4.69) is 62.2 Å². The van der Waals surface area contributed by atoms with E-state index in [0.29, 0.717) is 17.2 Å². The van der Waals surface area contributed by atoms with Crippen molar-refractivity contribution in [1.29, 1.82) is 0 Å². The highest BCUT2D eigenvalue weighted by atomic mass is 79.9. The van der Waals surface area contributed by atoms with Gasteiger partial charge in [-0.05, 0) is 68.2 Å². The van der Waals surface area contributed by atoms with Crippen molar-refractivity contribution in [2.45, 2.75) is 0 Å². The molecule has 0 aliphatic carbocycles. The number of fused-ring (bicyclic) bond motifs is 1. The highest BCUT2D eigenvalue weighted by molar-refractivity contribution is 9.11. The van der Waals surface area contributed by atoms with Gasteiger partial charge in [-0.15, -0.1) is 0 Å². The van der Waals surface area contributed by atoms with Crippen LogP contribution in [0.1, 0.15) is 11.1 Å². The zero-order chi connectivity index (χ0) is 23.2. The average molecular weight is 568 g/mol. The maximum Gasteiger partial charge on any atom is 0.349 e. The fraction of sp³-hybridized carbons (Fsp3) is 0.0741. The molecule has 0 fully saturated rings. The molecule has 4 nitrogen and oxygen atoms in total. The van der Waals surface area contributed by atoms with Crippen molar-refractivity contribution >= 4 is 60.8 Å². The van der Waals surface area contributed by atoms with Gasteiger partial charge in [0.15, 0.2) is 18.1 Å². The van der Waals surface area contributed by atoms with Gasteiger partial charge in [0.2, 0.25) is 0 Å². The Balaban J connectivity index is 1.45. The van der Waals surface area contributed by atoms with E-state index in [-0.39, 0.29) is 6.61 Å². The standard InChI is InChI=1S/C27H20Br2O4/c1-31-26-15-18(9-11-20-7-4-6-19-5-2-3-8-22(19)20)10-13-25(26)33-27(30)17-32-24-14-12-21(28)16-23(24)29/h2-16H,17H2,1H3. The summed E-state index contributed by atoms with van der Waals surface area (Å²) in [6.45, 7) is -0.230. The molecular formula is C27H20Br2O4. The Bertz CT molecular complexity index is 1330. The van der Waals surface area contributed by atoms with E-state index in [1.54, 1.807) is 19.2 Å². The number of hydrogen-bond donors (Lipinski definition) is 0. The Morgan fingerprint density at radius 2 is 1.64 bits per heavy atom. The van der Waals surface area contributed by atoms with Crippen LogP contribution in [0, 0.1) is 0 Å². The normalized spacial score (nSPS) is 11.0. The van der Waals surface area contributed by atoms with Crippen LogP contribution in [0.2, 0.25) is 0 Å². The third-order valence-corrected chi connectivity index (χ3v) is 6.04. The molecule has 4 aromatic rings. The van der Waals surface area contributed by atoms with Crippen LogP contribution in [0.4, 0.5) is 0 Å². The van der Waals surface area contributed by atoms with Gasteiger partial charge in [0, 0.05) is 4.47 Å². The molecular weight excluding hydrogens is 548 g/mol. The van der Waals surface area contributed by atoms with E-state index >= 15 is 0 Å². The number of carbonyl (C=O) groups excluding carboxylic acids is 1. The first-order valence-electron chi connectivity index (χ1n) is 10.2. The summed E-state index contributed by atoms with van der Waals surface area (Å²) in [6, 6.07) is 25.3. The zero-order valence-electron chi connectivity index (χ0n) is 17.8. The van der Waals surface area contributed by atoms with Gasteiger partial charge in [-0.1, -0.05) is 76.6 Å². The van der Waals surface area contributed by atoms with E-state index in [9.17, 15) is 4.79 Å². The molecule has 4 rings (SSSR count). The van der Waals surface area contributed by atoms with E-state index < -0.39 is 5.97 Å². The molecule has 4 aromatic carbocycles. The predicted molar refractivity (Wildman–Crippen MR) is 139 cm³/mol. The van der Waals surface area contributed by atoms with Gasteiger partial charge in [0.1, 0.15) is 5.75 Å². The molecule has 0 radical (unpaired) electrons. The minimum absolute atomic E-state index is 0.230. The number of esters is 1. The quantitative estimate of drug-likeness (QED) is 0.131. The van der Waals surface area contributed by atoms with Gasteiger partial charge < -0.3 is 14.2 Å². The lowest BCUT2D eigenvalue weighted by atomic mass is 10.0. The summed E-state index contributed by atoms with van der Waals surface area (Å²) in [4.78, 5) is 12.3. The molecule has 0 bridgehead atoms. The molecule has 0 saturated carbocycles. The summed E-state index contributed by atoms with van der Waals surface area (Å²) in [6.07, 6.45) is 4.07. The van der Waals surface area contributed by atoms with Crippen LogP contribution in [-0.2, 0) is 4.79 Å². The Kier molecular flexibility index (Phi) is 7.47. The molecule has 0 amide bonds. The van der Waals surface area contributed by atoms with Gasteiger partial charge in [-0.2, -0.15) is 0 Å². The fourth-order valence-corrected chi connectivity index (χ4v) is 4.50. The monoisotopic (exact) mass is 566 g/mol. The highest BCUT2D eigenvalue weighted by Crippen LogP contribution is 2.31. The Hall–Kier alpha value is -3.09. The van der Waals surface area contributed by atoms with Crippen LogP contribution < -0.4 is 14.2 Å². The van der Waals surface area contributed by atoms with Crippen molar-refractivity contribution in [2.75, 3.05) is 13.7 Å². The largest absolute Gasteiger partial charge is 0.493 e. The second-order valence-electron chi connectivity index (χ2n) is 7.15. The molecule has 0 heterocycles. The SMILES string of the molecule is COc1cc(C=Cc2cccc3ccccc23)ccc1OC(=O)COc1ccc(Br)cc1Br. The van der Waals surface area contributed by atoms with Crippen molar-refractivity contribution < 1.29 is 19.0 Å². The zero-order valence-corrected chi connectivity index (χ0v) is 20.9. The molecule has 0 unspecified atom stereocenters. The Morgan fingerprint density at radius 1 is 0.848 bits per heavy atom. The molecule has 0 atom stereocenters. The van der Waals surface area contributed by atoms with Crippen molar-refractivity contribution in [3.63, 3.8) is 0 Å². The van der Waals surface area contributed by atoms with E-state index in [1.807, 2.05) is 48.5 Å². The number of carbonyl (C=O) groups is 1. The first-order chi connectivity index (χ1) is 16.0. The molecule has 166 valence electrons. The molecule has 0 saturated heterocycles. The van der Waals surface area contributed by atoms with Crippen molar-refractivity contribution in [3.05, 3.63) is 98.9 Å². The number of ether oxygens (including phenoxy) is 3. The van der Waals surface area contributed by atoms with Crippen LogP contribution in [-0.4, -0.2) is 19.7 Å². The molecule has 0 aromatic heterocycles. The minimum atomic E-state index is -0.526. The van der Waals surface area contributed by atoms with Gasteiger partial charge >= 0.3 is 5.97 Å². The summed E-state index contributed by atoms with van der Waals surface area (Å²) < 4.78 is 18.1. The lowest BCUT2D eigenvalue weighted by Crippen LogP contribution is -2.18. The summed E-state index contributed by atoms with van der Waals surface area (Å²) >= 11 is 6.79. The smallest absolute Gasteiger partial charge is 0.349 e. The number of hydrogen-bond acceptors (Lipinski definition) is 4. The van der Waals surface area contributed by atoms with Crippen LogP contribution in [0.5, 0.6) is 17.2 Å². The molecule has 0 aliphatic heterocycles. The lowest BCUT2D eigenvalue weighted by Gasteiger charge is -2.11. The van der Waals surface area contributed by atoms with Gasteiger partial charge in [0.05, 0.1) is 11.6 Å². The van der Waals surface area contributed by atoms with Gasteiger partial charge in [-0.3, -0.25) is 0 Å². The van der Waals surface area contributed by atoms with Crippen LogP contribution in [0.15, 0.2) is 87.8 Å². The number of halogens is 2. The second-order valence-corrected chi connectivity index (χ2v) is 8.92. The van der Waals surface area contributed by atoms with Crippen molar-refractivity contribution in [3.8, 4) is 17.2 Å².